The van der Waals surface area contributed by atoms with Crippen LogP contribution >= 0.6 is 11.3 Å². The Morgan fingerprint density at radius 1 is 1.07 bits per heavy atom. The number of ether oxygens (including phenoxy) is 1. The molecule has 1 aromatic heterocycles. The first kappa shape index (κ1) is 19.9. The smallest absolute Gasteiger partial charge is 0.416 e. The molecule has 146 valence electrons. The first-order valence-corrected chi connectivity index (χ1v) is 9.51. The summed E-state index contributed by atoms with van der Waals surface area (Å²) >= 11 is 1.44. The molecule has 2 aromatic carbocycles. The number of rotatable bonds is 6. The molecule has 0 aliphatic rings. The van der Waals surface area contributed by atoms with Gasteiger partial charge in [-0.1, -0.05) is 12.1 Å². The molecule has 0 spiro atoms. The van der Waals surface area contributed by atoms with Gasteiger partial charge in [-0.05, 0) is 60.8 Å². The van der Waals surface area contributed by atoms with E-state index in [0.29, 0.717) is 17.9 Å². The van der Waals surface area contributed by atoms with Crippen LogP contribution in [0.15, 0.2) is 66.0 Å². The van der Waals surface area contributed by atoms with Crippen LogP contribution in [0.2, 0.25) is 0 Å². The first-order chi connectivity index (χ1) is 13.4. The Morgan fingerprint density at radius 2 is 1.82 bits per heavy atom. The van der Waals surface area contributed by atoms with E-state index in [1.165, 1.54) is 28.4 Å². The Morgan fingerprint density at radius 3 is 2.43 bits per heavy atom. The Bertz CT molecular complexity index is 922. The van der Waals surface area contributed by atoms with Gasteiger partial charge in [-0.15, -0.1) is 11.3 Å². The average Bonchev–Trinajstić information content (AvgIpc) is 3.19. The summed E-state index contributed by atoms with van der Waals surface area (Å²) in [7, 11) is 0. The molecule has 28 heavy (non-hydrogen) atoms. The normalized spacial score (nSPS) is 11.3. The van der Waals surface area contributed by atoms with E-state index in [2.05, 4.69) is 0 Å². The van der Waals surface area contributed by atoms with Gasteiger partial charge >= 0.3 is 6.18 Å². The highest BCUT2D eigenvalue weighted by Crippen LogP contribution is 2.33. The number of benzene rings is 2. The van der Waals surface area contributed by atoms with Crippen LogP contribution in [0.1, 0.15) is 27.7 Å². The number of alkyl halides is 3. The third-order valence-corrected chi connectivity index (χ3v) is 4.90. The van der Waals surface area contributed by atoms with Crippen LogP contribution < -0.4 is 9.64 Å². The fraction of sp³-hybridized carbons (Fsp3) is 0.190. The maximum Gasteiger partial charge on any atom is 0.416 e. The lowest BCUT2D eigenvalue weighted by atomic mass is 10.1. The fourth-order valence-electron chi connectivity index (χ4n) is 2.71. The molecule has 0 bridgehead atoms. The second-order valence-corrected chi connectivity index (χ2v) is 7.01. The number of halogens is 3. The van der Waals surface area contributed by atoms with Crippen LogP contribution in [0.4, 0.5) is 18.9 Å². The molecular weight excluding hydrogens is 387 g/mol. The van der Waals surface area contributed by atoms with Gasteiger partial charge in [0, 0.05) is 16.1 Å². The zero-order valence-corrected chi connectivity index (χ0v) is 15.9. The number of anilines is 1. The second-order valence-electron chi connectivity index (χ2n) is 5.98. The largest absolute Gasteiger partial charge is 0.494 e. The van der Waals surface area contributed by atoms with E-state index in [4.69, 9.17) is 4.74 Å². The van der Waals surface area contributed by atoms with Gasteiger partial charge in [0.25, 0.3) is 5.91 Å². The highest BCUT2D eigenvalue weighted by atomic mass is 32.1. The molecule has 0 fully saturated rings. The lowest BCUT2D eigenvalue weighted by molar-refractivity contribution is -0.137. The molecule has 0 aliphatic heterocycles. The van der Waals surface area contributed by atoms with Gasteiger partial charge in [0.15, 0.2) is 0 Å². The summed E-state index contributed by atoms with van der Waals surface area (Å²) in [4.78, 5) is 15.3. The summed E-state index contributed by atoms with van der Waals surface area (Å²) in [5.41, 5.74) is -0.222. The van der Waals surface area contributed by atoms with Gasteiger partial charge in [0.05, 0.1) is 18.7 Å². The van der Waals surface area contributed by atoms with Crippen molar-refractivity contribution in [2.45, 2.75) is 19.6 Å². The minimum Gasteiger partial charge on any atom is -0.494 e. The van der Waals surface area contributed by atoms with Gasteiger partial charge in [0.2, 0.25) is 0 Å². The third kappa shape index (κ3) is 4.72. The van der Waals surface area contributed by atoms with Crippen molar-refractivity contribution in [3.63, 3.8) is 0 Å². The van der Waals surface area contributed by atoms with E-state index < -0.39 is 11.7 Å². The van der Waals surface area contributed by atoms with Crippen LogP contribution in [0.5, 0.6) is 5.75 Å². The molecule has 0 saturated heterocycles. The monoisotopic (exact) mass is 405 g/mol. The lowest BCUT2D eigenvalue weighted by Gasteiger charge is -2.23. The van der Waals surface area contributed by atoms with Crippen molar-refractivity contribution in [2.75, 3.05) is 11.5 Å². The number of amides is 1. The van der Waals surface area contributed by atoms with Crippen molar-refractivity contribution in [1.82, 2.24) is 0 Å². The molecule has 0 radical (unpaired) electrons. The van der Waals surface area contributed by atoms with Crippen molar-refractivity contribution in [3.05, 3.63) is 82.0 Å². The molecule has 3 nitrogen and oxygen atoms in total. The van der Waals surface area contributed by atoms with E-state index in [1.54, 1.807) is 24.3 Å². The minimum absolute atomic E-state index is 0.186. The Labute approximate surface area is 165 Å². The van der Waals surface area contributed by atoms with Crippen molar-refractivity contribution in [3.8, 4) is 5.75 Å². The van der Waals surface area contributed by atoms with E-state index in [0.717, 1.165) is 17.0 Å². The molecule has 1 amide bonds. The van der Waals surface area contributed by atoms with Crippen LogP contribution in [-0.4, -0.2) is 12.5 Å². The minimum atomic E-state index is -4.48. The summed E-state index contributed by atoms with van der Waals surface area (Å²) < 4.78 is 44.8. The highest BCUT2D eigenvalue weighted by Gasteiger charge is 2.31. The lowest BCUT2D eigenvalue weighted by Crippen LogP contribution is -2.30. The number of nitrogens with zero attached hydrogens (tertiary/aromatic N) is 1. The van der Waals surface area contributed by atoms with Gasteiger partial charge in [0.1, 0.15) is 5.75 Å². The van der Waals surface area contributed by atoms with Crippen molar-refractivity contribution in [2.24, 2.45) is 0 Å². The van der Waals surface area contributed by atoms with Crippen LogP contribution in [-0.2, 0) is 12.7 Å². The average molecular weight is 405 g/mol. The summed E-state index contributed by atoms with van der Waals surface area (Å²) in [5, 5.41) is 1.86. The third-order valence-electron chi connectivity index (χ3n) is 4.04. The quantitative estimate of drug-likeness (QED) is 0.502. The van der Waals surface area contributed by atoms with Crippen molar-refractivity contribution >= 4 is 22.9 Å². The van der Waals surface area contributed by atoms with Gasteiger partial charge in [-0.3, -0.25) is 4.79 Å². The Hall–Kier alpha value is -2.80. The van der Waals surface area contributed by atoms with Crippen LogP contribution in [0, 0.1) is 0 Å². The van der Waals surface area contributed by atoms with E-state index in [-0.39, 0.29) is 18.1 Å². The van der Waals surface area contributed by atoms with Gasteiger partial charge in [-0.2, -0.15) is 13.2 Å². The SMILES string of the molecule is CCOc1ccc(C(=O)N(Cc2cccs2)c2cccc(C(F)(F)F)c2)cc1. The van der Waals surface area contributed by atoms with E-state index in [1.807, 2.05) is 24.4 Å². The predicted molar refractivity (Wildman–Crippen MR) is 104 cm³/mol. The summed E-state index contributed by atoms with van der Waals surface area (Å²) in [6.45, 7) is 2.54. The number of hydrogen-bond acceptors (Lipinski definition) is 3. The zero-order valence-electron chi connectivity index (χ0n) is 15.1. The molecule has 3 rings (SSSR count). The molecule has 0 saturated carbocycles. The standard InChI is InChI=1S/C21H18F3NO2S/c1-2-27-18-10-8-15(9-11-18)20(26)25(14-19-7-4-12-28-19)17-6-3-5-16(13-17)21(22,23)24/h3-13H,2,14H2,1H3. The number of carbonyl (C=O) groups excluding carboxylic acids is 1. The highest BCUT2D eigenvalue weighted by molar-refractivity contribution is 7.09. The predicted octanol–water partition coefficient (Wildman–Crippen LogP) is 6.01. The topological polar surface area (TPSA) is 29.5 Å². The molecule has 0 aliphatic carbocycles. The summed E-state index contributed by atoms with van der Waals surface area (Å²) in [6.07, 6.45) is -4.48. The Kier molecular flexibility index (Phi) is 6.04. The molecule has 7 heteroatoms. The summed E-state index contributed by atoms with van der Waals surface area (Å²) in [5.74, 6) is 0.249. The molecule has 0 N–H and O–H groups in total. The second kappa shape index (κ2) is 8.48. The molecule has 3 aromatic rings. The van der Waals surface area contributed by atoms with Gasteiger partial charge < -0.3 is 9.64 Å². The Balaban J connectivity index is 1.96. The van der Waals surface area contributed by atoms with E-state index >= 15 is 0 Å². The number of hydrogen-bond donors (Lipinski definition) is 0. The molecule has 0 unspecified atom stereocenters. The maximum absolute atomic E-state index is 13.1. The van der Waals surface area contributed by atoms with Crippen LogP contribution in [0.3, 0.4) is 0 Å². The molecule has 0 atom stereocenters. The maximum atomic E-state index is 13.1. The molecular formula is C21H18F3NO2S. The van der Waals surface area contributed by atoms with E-state index in [9.17, 15) is 18.0 Å². The zero-order chi connectivity index (χ0) is 20.1. The first-order valence-electron chi connectivity index (χ1n) is 8.63. The number of thiophene rings is 1. The van der Waals surface area contributed by atoms with Gasteiger partial charge in [-0.25, -0.2) is 0 Å². The van der Waals surface area contributed by atoms with Crippen LogP contribution in [0.25, 0.3) is 0 Å². The number of carbonyl (C=O) groups is 1. The fourth-order valence-corrected chi connectivity index (χ4v) is 3.40. The summed E-state index contributed by atoms with van der Waals surface area (Å²) in [6, 6.07) is 15.1. The molecule has 1 heterocycles. The van der Waals surface area contributed by atoms with Crippen molar-refractivity contribution in [1.29, 1.82) is 0 Å². The van der Waals surface area contributed by atoms with Crippen molar-refractivity contribution < 1.29 is 22.7 Å².